The maximum atomic E-state index is 6.83. The number of benzene rings is 3. The van der Waals surface area contributed by atoms with Crippen molar-refractivity contribution in [3.05, 3.63) is 88.0 Å². The Kier molecular flexibility index (Phi) is 10.1. The highest BCUT2D eigenvalue weighted by atomic mass is 31.2. The standard InChI is InChI=1S/C36H51O3P/c1-13-34(7,8)31-25(4)19-16-22-28(31)37-40(38-29-23-17-20-26(5)32(29)35(9,10)14-2)39-30-24-18-21-27(6)33(30)36(11,12)15-3/h16-24H,13-15H2,1-12H3. The fraction of sp³-hybridized carbons (Fsp3) is 0.500. The molecule has 0 fully saturated rings. The molecule has 0 spiro atoms. The Labute approximate surface area is 245 Å². The molecule has 4 heteroatoms. The zero-order valence-corrected chi connectivity index (χ0v) is 27.9. The second-order valence-corrected chi connectivity index (χ2v) is 14.0. The smallest absolute Gasteiger partial charge is 0.408 e. The predicted molar refractivity (Wildman–Crippen MR) is 172 cm³/mol. The van der Waals surface area contributed by atoms with E-state index in [0.717, 1.165) is 36.5 Å². The number of hydrogen-bond acceptors (Lipinski definition) is 3. The summed E-state index contributed by atoms with van der Waals surface area (Å²) in [6, 6.07) is 18.8. The summed E-state index contributed by atoms with van der Waals surface area (Å²) in [6.45, 7) is 26.8. The van der Waals surface area contributed by atoms with Crippen molar-refractivity contribution in [2.75, 3.05) is 0 Å². The fourth-order valence-electron chi connectivity index (χ4n) is 5.58. The van der Waals surface area contributed by atoms with Gasteiger partial charge in [-0.15, -0.1) is 0 Å². The van der Waals surface area contributed by atoms with Crippen LogP contribution in [-0.2, 0) is 16.2 Å². The van der Waals surface area contributed by atoms with Gasteiger partial charge in [-0.1, -0.05) is 98.7 Å². The topological polar surface area (TPSA) is 27.7 Å². The second-order valence-electron chi connectivity index (χ2n) is 13.1. The van der Waals surface area contributed by atoms with E-state index in [1.54, 1.807) is 0 Å². The number of aryl methyl sites for hydroxylation is 3. The normalized spacial score (nSPS) is 12.5. The molecule has 0 N–H and O–H groups in total. The average molecular weight is 563 g/mol. The first-order valence-electron chi connectivity index (χ1n) is 14.8. The third kappa shape index (κ3) is 6.85. The van der Waals surface area contributed by atoms with Crippen LogP contribution in [0.5, 0.6) is 17.2 Å². The highest BCUT2D eigenvalue weighted by molar-refractivity contribution is 7.43. The summed E-state index contributed by atoms with van der Waals surface area (Å²) in [6.07, 6.45) is 2.98. The molecule has 0 bridgehead atoms. The number of hydrogen-bond donors (Lipinski definition) is 0. The van der Waals surface area contributed by atoms with Crippen LogP contribution in [0.1, 0.15) is 115 Å². The van der Waals surface area contributed by atoms with Crippen LogP contribution in [0.25, 0.3) is 0 Å². The van der Waals surface area contributed by atoms with E-state index in [0.29, 0.717) is 0 Å². The molecule has 0 radical (unpaired) electrons. The van der Waals surface area contributed by atoms with Crippen molar-refractivity contribution in [2.24, 2.45) is 0 Å². The van der Waals surface area contributed by atoms with E-state index in [9.17, 15) is 0 Å². The molecule has 3 nitrogen and oxygen atoms in total. The van der Waals surface area contributed by atoms with Gasteiger partial charge in [0.25, 0.3) is 0 Å². The van der Waals surface area contributed by atoms with Gasteiger partial charge in [0, 0.05) is 16.7 Å². The summed E-state index contributed by atoms with van der Waals surface area (Å²) in [7, 11) is -1.83. The molecule has 0 saturated carbocycles. The van der Waals surface area contributed by atoms with Crippen LogP contribution in [0.3, 0.4) is 0 Å². The van der Waals surface area contributed by atoms with E-state index in [1.807, 2.05) is 0 Å². The van der Waals surface area contributed by atoms with Gasteiger partial charge in [-0.3, -0.25) is 0 Å². The molecule has 0 heterocycles. The first-order valence-corrected chi connectivity index (χ1v) is 15.9. The SMILES string of the molecule is CCC(C)(C)c1c(C)cccc1OP(Oc1cccc(C)c1C(C)(C)CC)Oc1cccc(C)c1C(C)(C)CC. The van der Waals surface area contributed by atoms with E-state index in [2.05, 4.69) is 138 Å². The van der Waals surface area contributed by atoms with Crippen LogP contribution in [0.2, 0.25) is 0 Å². The predicted octanol–water partition coefficient (Wildman–Crippen LogP) is 11.4. The minimum Gasteiger partial charge on any atom is -0.408 e. The summed E-state index contributed by atoms with van der Waals surface area (Å²) in [5.41, 5.74) is 7.08. The second kappa shape index (κ2) is 12.6. The lowest BCUT2D eigenvalue weighted by atomic mass is 9.79. The highest BCUT2D eigenvalue weighted by Crippen LogP contribution is 2.50. The Hall–Kier alpha value is -2.51. The maximum absolute atomic E-state index is 6.83. The monoisotopic (exact) mass is 562 g/mol. The van der Waals surface area contributed by atoms with Crippen LogP contribution >= 0.6 is 8.60 Å². The van der Waals surface area contributed by atoms with Crippen LogP contribution in [-0.4, -0.2) is 0 Å². The van der Waals surface area contributed by atoms with Crippen molar-refractivity contribution in [3.8, 4) is 17.2 Å². The zero-order chi connectivity index (χ0) is 29.9. The van der Waals surface area contributed by atoms with Crippen LogP contribution < -0.4 is 13.6 Å². The van der Waals surface area contributed by atoms with Crippen molar-refractivity contribution in [1.82, 2.24) is 0 Å². The van der Waals surface area contributed by atoms with Gasteiger partial charge in [-0.2, -0.15) is 0 Å². The van der Waals surface area contributed by atoms with E-state index in [-0.39, 0.29) is 16.2 Å². The summed E-state index contributed by atoms with van der Waals surface area (Å²) in [5.74, 6) is 2.47. The molecular weight excluding hydrogens is 511 g/mol. The lowest BCUT2D eigenvalue weighted by Crippen LogP contribution is -2.21. The van der Waals surface area contributed by atoms with Gasteiger partial charge < -0.3 is 13.6 Å². The third-order valence-corrected chi connectivity index (χ3v) is 9.94. The summed E-state index contributed by atoms with van der Waals surface area (Å²) in [5, 5.41) is 0. The lowest BCUT2D eigenvalue weighted by Gasteiger charge is -2.32. The van der Waals surface area contributed by atoms with Gasteiger partial charge in [0.05, 0.1) is 0 Å². The Morgan fingerprint density at radius 3 is 0.950 bits per heavy atom. The van der Waals surface area contributed by atoms with Gasteiger partial charge in [-0.25, -0.2) is 0 Å². The van der Waals surface area contributed by atoms with Crippen LogP contribution in [0.15, 0.2) is 54.6 Å². The Balaban J connectivity index is 2.19. The Morgan fingerprint density at radius 2 is 0.725 bits per heavy atom. The lowest BCUT2D eigenvalue weighted by molar-refractivity contribution is 0.365. The van der Waals surface area contributed by atoms with Gasteiger partial charge in [0.2, 0.25) is 0 Å². The molecule has 0 aliphatic heterocycles. The highest BCUT2D eigenvalue weighted by Gasteiger charge is 2.33. The van der Waals surface area contributed by atoms with E-state index in [1.165, 1.54) is 33.4 Å². The molecular formula is C36H51O3P. The van der Waals surface area contributed by atoms with Crippen LogP contribution in [0.4, 0.5) is 0 Å². The van der Waals surface area contributed by atoms with Gasteiger partial charge in [0.15, 0.2) is 0 Å². The first-order chi connectivity index (χ1) is 18.7. The van der Waals surface area contributed by atoms with Gasteiger partial charge >= 0.3 is 8.60 Å². The molecule has 40 heavy (non-hydrogen) atoms. The third-order valence-electron chi connectivity index (χ3n) is 8.90. The zero-order valence-electron chi connectivity index (χ0n) is 27.0. The minimum absolute atomic E-state index is 0.0565. The summed E-state index contributed by atoms with van der Waals surface area (Å²) >= 11 is 0. The first kappa shape index (κ1) is 32.0. The largest absolute Gasteiger partial charge is 0.530 e. The van der Waals surface area contributed by atoms with Crippen molar-refractivity contribution in [1.29, 1.82) is 0 Å². The summed E-state index contributed by atoms with van der Waals surface area (Å²) in [4.78, 5) is 0. The van der Waals surface area contributed by atoms with Crippen molar-refractivity contribution in [3.63, 3.8) is 0 Å². The molecule has 0 saturated heterocycles. The quantitative estimate of drug-likeness (QED) is 0.205. The van der Waals surface area contributed by atoms with E-state index >= 15 is 0 Å². The van der Waals surface area contributed by atoms with Crippen molar-refractivity contribution >= 4 is 8.60 Å². The van der Waals surface area contributed by atoms with E-state index in [4.69, 9.17) is 13.6 Å². The summed E-state index contributed by atoms with van der Waals surface area (Å²) < 4.78 is 20.5. The van der Waals surface area contributed by atoms with Gasteiger partial charge in [0.1, 0.15) is 17.2 Å². The molecule has 218 valence electrons. The minimum atomic E-state index is -1.83. The molecule has 0 aliphatic carbocycles. The average Bonchev–Trinajstić information content (AvgIpc) is 2.88. The molecule has 3 aromatic rings. The molecule has 0 aliphatic rings. The molecule has 0 amide bonds. The van der Waals surface area contributed by atoms with Crippen molar-refractivity contribution in [2.45, 2.75) is 119 Å². The van der Waals surface area contributed by atoms with Crippen LogP contribution in [0, 0.1) is 20.8 Å². The van der Waals surface area contributed by atoms with Crippen molar-refractivity contribution < 1.29 is 13.6 Å². The molecule has 0 aromatic heterocycles. The maximum Gasteiger partial charge on any atom is 0.530 e. The molecule has 0 atom stereocenters. The molecule has 3 aromatic carbocycles. The Morgan fingerprint density at radius 1 is 0.475 bits per heavy atom. The van der Waals surface area contributed by atoms with E-state index < -0.39 is 8.60 Å². The van der Waals surface area contributed by atoms with Gasteiger partial charge in [-0.05, 0) is 91.2 Å². The molecule has 0 unspecified atom stereocenters. The number of rotatable bonds is 12. The molecule has 3 rings (SSSR count). The Bertz CT molecular complexity index is 1140. The fourth-order valence-corrected chi connectivity index (χ4v) is 6.63.